The average molecular weight is 345 g/mol. The highest BCUT2D eigenvalue weighted by Gasteiger charge is 2.19. The van der Waals surface area contributed by atoms with Crippen molar-refractivity contribution in [2.45, 2.75) is 6.54 Å². The molecule has 0 amide bonds. The number of hydrogen-bond acceptors (Lipinski definition) is 5. The van der Waals surface area contributed by atoms with Crippen molar-refractivity contribution >= 4 is 17.1 Å². The molecule has 2 N–H and O–H groups in total. The molecular formula is C18H17F2N3O2. The van der Waals surface area contributed by atoms with E-state index < -0.39 is 11.6 Å². The summed E-state index contributed by atoms with van der Waals surface area (Å²) in [6.45, 7) is 2.71. The predicted octanol–water partition coefficient (Wildman–Crippen LogP) is 3.19. The van der Waals surface area contributed by atoms with Gasteiger partial charge in [0.25, 0.3) is 6.01 Å². The minimum atomic E-state index is -0.578. The van der Waals surface area contributed by atoms with Crippen LogP contribution < -0.4 is 5.73 Å². The Hall–Kier alpha value is -2.51. The number of aromatic nitrogens is 1. The van der Waals surface area contributed by atoms with Gasteiger partial charge in [-0.1, -0.05) is 12.1 Å². The molecule has 3 aromatic rings. The molecule has 0 saturated carbocycles. The van der Waals surface area contributed by atoms with Gasteiger partial charge in [-0.15, -0.1) is 0 Å². The molecule has 1 fully saturated rings. The van der Waals surface area contributed by atoms with Gasteiger partial charge >= 0.3 is 0 Å². The fourth-order valence-corrected chi connectivity index (χ4v) is 3.09. The number of fused-ring (bicyclic) bond motifs is 1. The Labute approximate surface area is 143 Å². The van der Waals surface area contributed by atoms with Gasteiger partial charge in [0.15, 0.2) is 5.58 Å². The number of nitrogens with two attached hydrogens (primary N) is 1. The molecule has 1 aliphatic heterocycles. The number of anilines is 1. The maximum Gasteiger partial charge on any atom is 0.293 e. The van der Waals surface area contributed by atoms with Crippen molar-refractivity contribution in [1.82, 2.24) is 9.88 Å². The number of rotatable bonds is 3. The number of ether oxygens (including phenoxy) is 1. The number of nitrogen functional groups attached to an aromatic ring is 1. The molecule has 4 rings (SSSR count). The number of oxazole rings is 1. The molecule has 1 aliphatic rings. The number of morpholine rings is 1. The summed E-state index contributed by atoms with van der Waals surface area (Å²) < 4.78 is 39.8. The Kier molecular flexibility index (Phi) is 4.10. The summed E-state index contributed by atoms with van der Waals surface area (Å²) in [5, 5.41) is 0. The zero-order chi connectivity index (χ0) is 17.4. The van der Waals surface area contributed by atoms with E-state index in [4.69, 9.17) is 14.9 Å². The van der Waals surface area contributed by atoms with Crippen molar-refractivity contribution in [3.8, 4) is 11.1 Å². The Morgan fingerprint density at radius 2 is 1.84 bits per heavy atom. The topological polar surface area (TPSA) is 64.5 Å². The van der Waals surface area contributed by atoms with Gasteiger partial charge in [0, 0.05) is 30.8 Å². The van der Waals surface area contributed by atoms with Gasteiger partial charge in [0.05, 0.1) is 13.2 Å². The lowest BCUT2D eigenvalue weighted by atomic mass is 10.0. The largest absolute Gasteiger partial charge is 0.423 e. The van der Waals surface area contributed by atoms with E-state index in [2.05, 4.69) is 4.98 Å². The molecule has 1 aromatic heterocycles. The van der Waals surface area contributed by atoms with E-state index in [0.717, 1.165) is 0 Å². The number of halogens is 2. The number of para-hydroxylation sites is 1. The summed E-state index contributed by atoms with van der Waals surface area (Å²) in [6, 6.07) is 7.88. The summed E-state index contributed by atoms with van der Waals surface area (Å²) in [6.07, 6.45) is 0. The van der Waals surface area contributed by atoms with Gasteiger partial charge < -0.3 is 14.9 Å². The van der Waals surface area contributed by atoms with Gasteiger partial charge in [-0.2, -0.15) is 4.98 Å². The zero-order valence-electron chi connectivity index (χ0n) is 13.5. The normalized spacial score (nSPS) is 15.8. The van der Waals surface area contributed by atoms with Crippen molar-refractivity contribution in [3.63, 3.8) is 0 Å². The maximum absolute atomic E-state index is 14.6. The molecule has 130 valence electrons. The molecule has 7 heteroatoms. The van der Waals surface area contributed by atoms with Crippen LogP contribution in [-0.2, 0) is 11.3 Å². The summed E-state index contributed by atoms with van der Waals surface area (Å²) in [5.41, 5.74) is 7.56. The second kappa shape index (κ2) is 6.42. The van der Waals surface area contributed by atoms with Crippen LogP contribution in [0.5, 0.6) is 0 Å². The van der Waals surface area contributed by atoms with Crippen LogP contribution in [0.15, 0.2) is 34.7 Å². The fourth-order valence-electron chi connectivity index (χ4n) is 3.09. The van der Waals surface area contributed by atoms with Crippen molar-refractivity contribution in [1.29, 1.82) is 0 Å². The fraction of sp³-hybridized carbons (Fsp3) is 0.278. The molecule has 0 aliphatic carbocycles. The van der Waals surface area contributed by atoms with E-state index >= 15 is 0 Å². The minimum absolute atomic E-state index is 0.0207. The van der Waals surface area contributed by atoms with Crippen LogP contribution >= 0.6 is 0 Å². The molecule has 0 spiro atoms. The molecule has 0 atom stereocenters. The second-order valence-corrected chi connectivity index (χ2v) is 6.01. The van der Waals surface area contributed by atoms with Crippen LogP contribution in [-0.4, -0.2) is 36.2 Å². The van der Waals surface area contributed by atoms with Crippen LogP contribution in [0, 0.1) is 11.6 Å². The van der Waals surface area contributed by atoms with Crippen LogP contribution in [0.1, 0.15) is 5.56 Å². The predicted molar refractivity (Wildman–Crippen MR) is 89.9 cm³/mol. The molecule has 5 nitrogen and oxygen atoms in total. The Balaban J connectivity index is 1.71. The van der Waals surface area contributed by atoms with Crippen LogP contribution in [0.25, 0.3) is 22.2 Å². The van der Waals surface area contributed by atoms with Crippen LogP contribution in [0.2, 0.25) is 0 Å². The third kappa shape index (κ3) is 3.08. The summed E-state index contributed by atoms with van der Waals surface area (Å²) in [5.74, 6) is -1.16. The number of benzene rings is 2. The van der Waals surface area contributed by atoms with E-state index in [1.807, 2.05) is 4.90 Å². The first-order valence-electron chi connectivity index (χ1n) is 8.05. The number of nitrogens with zero attached hydrogens (tertiary/aromatic N) is 2. The van der Waals surface area contributed by atoms with E-state index in [1.165, 1.54) is 12.1 Å². The highest BCUT2D eigenvalue weighted by Crippen LogP contribution is 2.32. The van der Waals surface area contributed by atoms with Crippen molar-refractivity contribution < 1.29 is 17.9 Å². The summed E-state index contributed by atoms with van der Waals surface area (Å²) >= 11 is 0. The molecule has 2 heterocycles. The highest BCUT2D eigenvalue weighted by molar-refractivity contribution is 5.91. The second-order valence-electron chi connectivity index (χ2n) is 6.01. The monoisotopic (exact) mass is 345 g/mol. The first kappa shape index (κ1) is 16.0. The Morgan fingerprint density at radius 3 is 2.56 bits per heavy atom. The lowest BCUT2D eigenvalue weighted by Crippen LogP contribution is -2.36. The van der Waals surface area contributed by atoms with Gasteiger partial charge in [0.1, 0.15) is 17.2 Å². The minimum Gasteiger partial charge on any atom is -0.423 e. The maximum atomic E-state index is 14.6. The Bertz CT molecular complexity index is 897. The molecule has 2 aromatic carbocycles. The van der Waals surface area contributed by atoms with Gasteiger partial charge in [-0.3, -0.25) is 4.90 Å². The van der Waals surface area contributed by atoms with Crippen molar-refractivity contribution in [3.05, 3.63) is 47.5 Å². The zero-order valence-corrected chi connectivity index (χ0v) is 13.5. The number of hydrogen-bond donors (Lipinski definition) is 1. The summed E-state index contributed by atoms with van der Waals surface area (Å²) in [4.78, 5) is 6.02. The van der Waals surface area contributed by atoms with E-state index in [0.29, 0.717) is 48.5 Å². The summed E-state index contributed by atoms with van der Waals surface area (Å²) in [7, 11) is 0. The average Bonchev–Trinajstić information content (AvgIpc) is 2.99. The lowest BCUT2D eigenvalue weighted by molar-refractivity contribution is 0.0332. The van der Waals surface area contributed by atoms with Crippen molar-refractivity contribution in [2.24, 2.45) is 0 Å². The smallest absolute Gasteiger partial charge is 0.293 e. The van der Waals surface area contributed by atoms with Crippen LogP contribution in [0.4, 0.5) is 14.8 Å². The van der Waals surface area contributed by atoms with Gasteiger partial charge in [-0.05, 0) is 23.8 Å². The van der Waals surface area contributed by atoms with E-state index in [-0.39, 0.29) is 18.1 Å². The quantitative estimate of drug-likeness (QED) is 0.790. The van der Waals surface area contributed by atoms with Gasteiger partial charge in [-0.25, -0.2) is 8.78 Å². The van der Waals surface area contributed by atoms with E-state index in [1.54, 1.807) is 18.2 Å². The first-order valence-corrected chi connectivity index (χ1v) is 8.05. The van der Waals surface area contributed by atoms with E-state index in [9.17, 15) is 8.78 Å². The molecule has 25 heavy (non-hydrogen) atoms. The molecule has 0 bridgehead atoms. The van der Waals surface area contributed by atoms with Crippen molar-refractivity contribution in [2.75, 3.05) is 32.0 Å². The van der Waals surface area contributed by atoms with Crippen LogP contribution in [0.3, 0.4) is 0 Å². The standard InChI is InChI=1S/C18H17F2N3O2/c19-14-8-11(12-2-1-3-16-17(12)25-18(21)22-16)9-15(20)13(14)10-23-4-6-24-7-5-23/h1-3,8-9H,4-7,10H2,(H2,21,22). The molecule has 1 saturated heterocycles. The lowest BCUT2D eigenvalue weighted by Gasteiger charge is -2.26. The van der Waals surface area contributed by atoms with Gasteiger partial charge in [0.2, 0.25) is 0 Å². The Morgan fingerprint density at radius 1 is 1.12 bits per heavy atom. The third-order valence-electron chi connectivity index (χ3n) is 4.37. The molecular weight excluding hydrogens is 328 g/mol. The SMILES string of the molecule is Nc1nc2cccc(-c3cc(F)c(CN4CCOCC4)c(F)c3)c2o1. The molecule has 0 radical (unpaired) electrons. The molecule has 0 unspecified atom stereocenters. The highest BCUT2D eigenvalue weighted by atomic mass is 19.1. The third-order valence-corrected chi connectivity index (χ3v) is 4.37. The first-order chi connectivity index (χ1) is 12.1.